The van der Waals surface area contributed by atoms with Crippen molar-refractivity contribution in [1.82, 2.24) is 5.32 Å². The van der Waals surface area contributed by atoms with Gasteiger partial charge in [-0.15, -0.1) is 0 Å². The highest BCUT2D eigenvalue weighted by Crippen LogP contribution is 2.22. The summed E-state index contributed by atoms with van der Waals surface area (Å²) < 4.78 is 32.0. The molecule has 1 unspecified atom stereocenters. The molecule has 0 spiro atoms. The van der Waals surface area contributed by atoms with Gasteiger partial charge in [-0.1, -0.05) is 12.1 Å². The van der Waals surface area contributed by atoms with Gasteiger partial charge in [0.25, 0.3) is 0 Å². The van der Waals surface area contributed by atoms with Crippen LogP contribution in [0.3, 0.4) is 0 Å². The normalized spacial score (nSPS) is 18.3. The molecule has 2 aromatic carbocycles. The molecule has 0 aliphatic carbocycles. The highest BCUT2D eigenvalue weighted by molar-refractivity contribution is 5.92. The van der Waals surface area contributed by atoms with E-state index in [4.69, 9.17) is 4.74 Å². The van der Waals surface area contributed by atoms with Crippen LogP contribution < -0.4 is 10.2 Å². The summed E-state index contributed by atoms with van der Waals surface area (Å²) >= 11 is 0. The van der Waals surface area contributed by atoms with Gasteiger partial charge in [0.2, 0.25) is 5.91 Å². The van der Waals surface area contributed by atoms with E-state index < -0.39 is 11.6 Å². The van der Waals surface area contributed by atoms with Gasteiger partial charge in [0.15, 0.2) is 0 Å². The zero-order chi connectivity index (χ0) is 20.1. The number of carbonyl (C=O) groups excluding carboxylic acids is 1. The minimum Gasteiger partial charge on any atom is -0.375 e. The van der Waals surface area contributed by atoms with Crippen molar-refractivity contribution in [3.63, 3.8) is 0 Å². The molecule has 3 rings (SSSR count). The van der Waals surface area contributed by atoms with E-state index in [9.17, 15) is 13.6 Å². The maximum Gasteiger partial charge on any atom is 0.244 e. The average Bonchev–Trinajstić information content (AvgIpc) is 2.66. The van der Waals surface area contributed by atoms with Crippen LogP contribution in [0, 0.1) is 11.6 Å². The summed E-state index contributed by atoms with van der Waals surface area (Å²) in [6.07, 6.45) is 2.85. The van der Waals surface area contributed by atoms with Crippen LogP contribution in [-0.4, -0.2) is 31.7 Å². The number of rotatable bonds is 5. The fourth-order valence-electron chi connectivity index (χ4n) is 3.23. The molecule has 148 valence electrons. The summed E-state index contributed by atoms with van der Waals surface area (Å²) in [7, 11) is 0. The molecule has 1 heterocycles. The van der Waals surface area contributed by atoms with E-state index in [0.717, 1.165) is 30.4 Å². The number of hydrogen-bond donors (Lipinski definition) is 1. The van der Waals surface area contributed by atoms with Crippen molar-refractivity contribution in [3.05, 3.63) is 71.3 Å². The Kier molecular flexibility index (Phi) is 6.41. The number of halogens is 2. The predicted molar refractivity (Wildman–Crippen MR) is 106 cm³/mol. The Morgan fingerprint density at radius 1 is 1.25 bits per heavy atom. The van der Waals surface area contributed by atoms with Gasteiger partial charge in [0.1, 0.15) is 11.6 Å². The van der Waals surface area contributed by atoms with Crippen molar-refractivity contribution in [1.29, 1.82) is 0 Å². The SMILES string of the molecule is CC(NC(=O)C=Cc1cc(F)cc(F)c1)c1cccc(N2CCO[C@@H](C)C2)c1. The maximum atomic E-state index is 13.2. The first-order valence-electron chi connectivity index (χ1n) is 9.32. The Labute approximate surface area is 163 Å². The monoisotopic (exact) mass is 386 g/mol. The zero-order valence-electron chi connectivity index (χ0n) is 16.0. The summed E-state index contributed by atoms with van der Waals surface area (Å²) in [4.78, 5) is 14.5. The summed E-state index contributed by atoms with van der Waals surface area (Å²) in [5, 5.41) is 2.88. The van der Waals surface area contributed by atoms with E-state index in [0.29, 0.717) is 12.2 Å². The van der Waals surface area contributed by atoms with E-state index in [1.807, 2.05) is 19.1 Å². The molecule has 6 heteroatoms. The van der Waals surface area contributed by atoms with E-state index in [2.05, 4.69) is 29.3 Å². The van der Waals surface area contributed by atoms with Gasteiger partial charge in [0.05, 0.1) is 18.8 Å². The lowest BCUT2D eigenvalue weighted by atomic mass is 10.1. The van der Waals surface area contributed by atoms with Gasteiger partial charge in [-0.2, -0.15) is 0 Å². The Morgan fingerprint density at radius 2 is 2.00 bits per heavy atom. The molecule has 28 heavy (non-hydrogen) atoms. The Balaban J connectivity index is 1.63. The molecule has 0 bridgehead atoms. The van der Waals surface area contributed by atoms with Gasteiger partial charge >= 0.3 is 0 Å². The number of amides is 1. The molecular weight excluding hydrogens is 362 g/mol. The number of benzene rings is 2. The first-order chi connectivity index (χ1) is 13.4. The number of nitrogens with one attached hydrogen (secondary N) is 1. The molecule has 1 N–H and O–H groups in total. The molecule has 4 nitrogen and oxygen atoms in total. The lowest BCUT2D eigenvalue weighted by Crippen LogP contribution is -2.41. The third kappa shape index (κ3) is 5.39. The zero-order valence-corrected chi connectivity index (χ0v) is 16.0. The van der Waals surface area contributed by atoms with Crippen LogP contribution in [-0.2, 0) is 9.53 Å². The third-order valence-electron chi connectivity index (χ3n) is 4.65. The Hall–Kier alpha value is -2.73. The molecule has 1 amide bonds. The molecule has 1 aliphatic rings. The smallest absolute Gasteiger partial charge is 0.244 e. The van der Waals surface area contributed by atoms with Crippen molar-refractivity contribution in [2.75, 3.05) is 24.6 Å². The van der Waals surface area contributed by atoms with Gasteiger partial charge in [0, 0.05) is 30.9 Å². The number of nitrogens with zero attached hydrogens (tertiary/aromatic N) is 1. The predicted octanol–water partition coefficient (Wildman–Crippen LogP) is 4.08. The summed E-state index contributed by atoms with van der Waals surface area (Å²) in [6, 6.07) is 11.0. The first kappa shape index (κ1) is 20.0. The van der Waals surface area contributed by atoms with E-state index in [1.165, 1.54) is 24.3 Å². The molecule has 0 aromatic heterocycles. The number of ether oxygens (including phenoxy) is 1. The number of hydrogen-bond acceptors (Lipinski definition) is 3. The second kappa shape index (κ2) is 8.97. The highest BCUT2D eigenvalue weighted by Gasteiger charge is 2.18. The highest BCUT2D eigenvalue weighted by atomic mass is 19.1. The lowest BCUT2D eigenvalue weighted by Gasteiger charge is -2.33. The fraction of sp³-hybridized carbons (Fsp3) is 0.318. The van der Waals surface area contributed by atoms with Gasteiger partial charge in [-0.3, -0.25) is 4.79 Å². The van der Waals surface area contributed by atoms with Gasteiger partial charge in [-0.25, -0.2) is 8.78 Å². The fourth-order valence-corrected chi connectivity index (χ4v) is 3.23. The second-order valence-corrected chi connectivity index (χ2v) is 6.99. The van der Waals surface area contributed by atoms with E-state index in [1.54, 1.807) is 0 Å². The summed E-state index contributed by atoms with van der Waals surface area (Å²) in [5.41, 5.74) is 2.37. The van der Waals surface area contributed by atoms with Crippen molar-refractivity contribution in [2.24, 2.45) is 0 Å². The second-order valence-electron chi connectivity index (χ2n) is 6.99. The number of anilines is 1. The lowest BCUT2D eigenvalue weighted by molar-refractivity contribution is -0.117. The maximum absolute atomic E-state index is 13.2. The molecule has 1 aliphatic heterocycles. The van der Waals surface area contributed by atoms with Crippen LogP contribution in [0.5, 0.6) is 0 Å². The molecule has 0 saturated carbocycles. The minimum atomic E-state index is -0.678. The molecular formula is C22H24F2N2O2. The minimum absolute atomic E-state index is 0.187. The summed E-state index contributed by atoms with van der Waals surface area (Å²) in [6.45, 7) is 6.31. The molecule has 1 fully saturated rings. The van der Waals surface area contributed by atoms with Crippen LogP contribution in [0.15, 0.2) is 48.5 Å². The largest absolute Gasteiger partial charge is 0.375 e. The van der Waals surface area contributed by atoms with Crippen molar-refractivity contribution >= 4 is 17.7 Å². The van der Waals surface area contributed by atoms with Crippen molar-refractivity contribution in [3.8, 4) is 0 Å². The standard InChI is InChI=1S/C22H24F2N2O2/c1-15-14-26(8-9-28-15)21-5-3-4-18(12-21)16(2)25-22(27)7-6-17-10-19(23)13-20(24)11-17/h3-7,10-13,15-16H,8-9,14H2,1-2H3,(H,25,27)/t15-,16?/m0/s1. The number of carbonyl (C=O) groups is 1. The van der Waals surface area contributed by atoms with Crippen LogP contribution in [0.25, 0.3) is 6.08 Å². The van der Waals surface area contributed by atoms with Crippen molar-refractivity contribution in [2.45, 2.75) is 26.0 Å². The van der Waals surface area contributed by atoms with Crippen LogP contribution in [0.2, 0.25) is 0 Å². The molecule has 0 radical (unpaired) electrons. The number of morpholine rings is 1. The molecule has 2 aromatic rings. The Bertz CT molecular complexity index is 849. The van der Waals surface area contributed by atoms with Crippen molar-refractivity contribution < 1.29 is 18.3 Å². The Morgan fingerprint density at radius 3 is 2.71 bits per heavy atom. The summed E-state index contributed by atoms with van der Waals surface area (Å²) in [5.74, 6) is -1.69. The van der Waals surface area contributed by atoms with Crippen LogP contribution in [0.4, 0.5) is 14.5 Å². The average molecular weight is 386 g/mol. The first-order valence-corrected chi connectivity index (χ1v) is 9.32. The van der Waals surface area contributed by atoms with Gasteiger partial charge < -0.3 is 15.0 Å². The quantitative estimate of drug-likeness (QED) is 0.788. The third-order valence-corrected chi connectivity index (χ3v) is 4.65. The van der Waals surface area contributed by atoms with Crippen LogP contribution in [0.1, 0.15) is 31.0 Å². The topological polar surface area (TPSA) is 41.6 Å². The van der Waals surface area contributed by atoms with Gasteiger partial charge in [-0.05, 0) is 55.3 Å². The molecule has 2 atom stereocenters. The molecule has 1 saturated heterocycles. The van der Waals surface area contributed by atoms with E-state index in [-0.39, 0.29) is 18.1 Å². The van der Waals surface area contributed by atoms with Crippen LogP contribution >= 0.6 is 0 Å². The van der Waals surface area contributed by atoms with E-state index >= 15 is 0 Å².